The van der Waals surface area contributed by atoms with E-state index in [1.807, 2.05) is 12.2 Å². The number of methoxy groups -OCH3 is 2. The summed E-state index contributed by atoms with van der Waals surface area (Å²) < 4.78 is 16.1. The van der Waals surface area contributed by atoms with E-state index in [2.05, 4.69) is 33.8 Å². The van der Waals surface area contributed by atoms with Gasteiger partial charge in [-0.25, -0.2) is 0 Å². The Hall–Kier alpha value is -2.30. The lowest BCUT2D eigenvalue weighted by atomic mass is 9.39. The Morgan fingerprint density at radius 2 is 1.74 bits per heavy atom. The lowest BCUT2D eigenvalue weighted by Crippen LogP contribution is -2.61. The van der Waals surface area contributed by atoms with Crippen LogP contribution in [0.15, 0.2) is 23.3 Å². The molecule has 0 aliphatic heterocycles. The Bertz CT molecular complexity index is 1180. The van der Waals surface area contributed by atoms with Crippen molar-refractivity contribution >= 4 is 17.5 Å². The predicted octanol–water partition coefficient (Wildman–Crippen LogP) is 5.20. The van der Waals surface area contributed by atoms with Gasteiger partial charge in [-0.3, -0.25) is 14.4 Å². The third kappa shape index (κ3) is 4.08. The van der Waals surface area contributed by atoms with E-state index in [1.54, 1.807) is 7.11 Å². The minimum atomic E-state index is -0.601. The average Bonchev–Trinajstić information content (AvgIpc) is 2.90. The lowest BCUT2D eigenvalue weighted by molar-refractivity contribution is -0.178. The number of nitrogens with zero attached hydrogens (tertiary/aromatic N) is 1. The maximum Gasteiger partial charge on any atom is 0.312 e. The van der Waals surface area contributed by atoms with Crippen LogP contribution in [0.2, 0.25) is 0 Å². The van der Waals surface area contributed by atoms with Crippen molar-refractivity contribution in [2.45, 2.75) is 72.6 Å². The van der Waals surface area contributed by atoms with Gasteiger partial charge >= 0.3 is 5.97 Å². The number of fused-ring (bicyclic) bond motifs is 7. The Morgan fingerprint density at radius 3 is 2.41 bits per heavy atom. The SMILES string of the molecule is COCOCC1C(=O)C(C#N)=CC2(C)C3=CC(=O)C4C(CCC5(C(=O)OC)CCC(C)(C)CC45)C3(C)CCC12. The highest BCUT2D eigenvalue weighted by Crippen LogP contribution is 2.69. The van der Waals surface area contributed by atoms with Crippen LogP contribution in [0.5, 0.6) is 0 Å². The average molecular weight is 538 g/mol. The summed E-state index contributed by atoms with van der Waals surface area (Å²) in [5, 5.41) is 9.90. The second-order valence-electron chi connectivity index (χ2n) is 14.0. The van der Waals surface area contributed by atoms with Crippen LogP contribution in [0.25, 0.3) is 0 Å². The summed E-state index contributed by atoms with van der Waals surface area (Å²) in [7, 11) is 3.02. The first-order valence-corrected chi connectivity index (χ1v) is 14.5. The molecule has 7 heteroatoms. The number of ether oxygens (including phenoxy) is 3. The lowest BCUT2D eigenvalue weighted by Gasteiger charge is -2.63. The maximum absolute atomic E-state index is 14.2. The Labute approximate surface area is 232 Å². The van der Waals surface area contributed by atoms with Gasteiger partial charge in [0.15, 0.2) is 11.6 Å². The highest BCUT2D eigenvalue weighted by molar-refractivity contribution is 6.03. The monoisotopic (exact) mass is 537 g/mol. The Balaban J connectivity index is 1.59. The number of Topliss-reactive ketones (excluding diaryl/α,β-unsaturated/α-hetero) is 1. The van der Waals surface area contributed by atoms with Gasteiger partial charge in [0.2, 0.25) is 0 Å². The summed E-state index contributed by atoms with van der Waals surface area (Å²) in [6.45, 7) is 9.16. The van der Waals surface area contributed by atoms with E-state index in [4.69, 9.17) is 14.2 Å². The molecule has 8 atom stereocenters. The van der Waals surface area contributed by atoms with Crippen LogP contribution in [-0.4, -0.2) is 45.2 Å². The van der Waals surface area contributed by atoms with Crippen molar-refractivity contribution in [2.75, 3.05) is 27.6 Å². The number of hydrogen-bond acceptors (Lipinski definition) is 7. The fraction of sp³-hybridized carbons (Fsp3) is 0.750. The number of carbonyl (C=O) groups is 3. The van der Waals surface area contributed by atoms with Crippen molar-refractivity contribution < 1.29 is 28.6 Å². The van der Waals surface area contributed by atoms with Gasteiger partial charge in [0.25, 0.3) is 0 Å². The van der Waals surface area contributed by atoms with Crippen LogP contribution in [0.3, 0.4) is 0 Å². The summed E-state index contributed by atoms with van der Waals surface area (Å²) in [4.78, 5) is 40.9. The quantitative estimate of drug-likeness (QED) is 0.270. The van der Waals surface area contributed by atoms with Crippen LogP contribution in [0, 0.1) is 62.6 Å². The van der Waals surface area contributed by atoms with E-state index in [9.17, 15) is 19.6 Å². The van der Waals surface area contributed by atoms with Gasteiger partial charge in [-0.15, -0.1) is 0 Å². The molecule has 0 radical (unpaired) electrons. The molecule has 3 fully saturated rings. The second kappa shape index (κ2) is 9.66. The minimum Gasteiger partial charge on any atom is -0.469 e. The fourth-order valence-electron chi connectivity index (χ4n) is 9.71. The third-order valence-electron chi connectivity index (χ3n) is 11.6. The molecule has 5 aliphatic carbocycles. The second-order valence-corrected chi connectivity index (χ2v) is 14.0. The van der Waals surface area contributed by atoms with Crippen LogP contribution in [0.4, 0.5) is 0 Å². The van der Waals surface area contributed by atoms with Crippen molar-refractivity contribution in [3.8, 4) is 6.07 Å². The molecule has 39 heavy (non-hydrogen) atoms. The molecular formula is C32H43NO6. The minimum absolute atomic E-state index is 0.0477. The number of hydrogen-bond donors (Lipinski definition) is 0. The molecule has 5 rings (SSSR count). The van der Waals surface area contributed by atoms with Crippen molar-refractivity contribution in [2.24, 2.45) is 51.2 Å². The first kappa shape index (κ1) is 28.2. The van der Waals surface area contributed by atoms with Crippen molar-refractivity contribution in [3.05, 3.63) is 23.3 Å². The number of allylic oxidation sites excluding steroid dienone is 4. The van der Waals surface area contributed by atoms with E-state index in [1.165, 1.54) is 7.11 Å². The van der Waals surface area contributed by atoms with E-state index < -0.39 is 16.7 Å². The molecule has 0 aromatic carbocycles. The van der Waals surface area contributed by atoms with Gasteiger partial charge in [0.1, 0.15) is 12.9 Å². The van der Waals surface area contributed by atoms with Gasteiger partial charge in [-0.05, 0) is 79.6 Å². The molecule has 3 saturated carbocycles. The molecule has 0 amide bonds. The zero-order chi connectivity index (χ0) is 28.4. The van der Waals surface area contributed by atoms with E-state index in [0.29, 0.717) is 0 Å². The summed E-state index contributed by atoms with van der Waals surface area (Å²) in [6.07, 6.45) is 9.45. The molecule has 7 nitrogen and oxygen atoms in total. The highest BCUT2D eigenvalue weighted by atomic mass is 16.7. The largest absolute Gasteiger partial charge is 0.469 e. The molecule has 0 heterocycles. The smallest absolute Gasteiger partial charge is 0.312 e. The molecular weight excluding hydrogens is 494 g/mol. The number of carbonyl (C=O) groups excluding carboxylic acids is 3. The van der Waals surface area contributed by atoms with Gasteiger partial charge in [0.05, 0.1) is 30.6 Å². The van der Waals surface area contributed by atoms with Gasteiger partial charge < -0.3 is 14.2 Å². The number of esters is 1. The number of ketones is 2. The van der Waals surface area contributed by atoms with Crippen LogP contribution < -0.4 is 0 Å². The zero-order valence-corrected chi connectivity index (χ0v) is 24.3. The third-order valence-corrected chi connectivity index (χ3v) is 11.6. The number of rotatable bonds is 5. The van der Waals surface area contributed by atoms with E-state index >= 15 is 0 Å². The maximum atomic E-state index is 14.2. The molecule has 0 N–H and O–H groups in total. The molecule has 5 aliphatic rings. The zero-order valence-electron chi connectivity index (χ0n) is 24.3. The van der Waals surface area contributed by atoms with Crippen molar-refractivity contribution in [3.63, 3.8) is 0 Å². The molecule has 0 aromatic rings. The standard InChI is InChI=1S/C32H43NO6/c1-29(2)11-12-32(28(36)38-6)10-8-22-26(23(32)15-29)24(34)13-25-30(22,3)9-7-21-20(17-39-18-37-5)27(35)19(16-33)14-31(21,25)4/h13-14,20-23,26H,7-12,15,17-18H2,1-6H3. The highest BCUT2D eigenvalue weighted by Gasteiger charge is 2.66. The molecule has 8 unspecified atom stereocenters. The molecule has 0 spiro atoms. The number of nitriles is 1. The van der Waals surface area contributed by atoms with Crippen molar-refractivity contribution in [1.82, 2.24) is 0 Å². The molecule has 0 saturated heterocycles. The predicted molar refractivity (Wildman–Crippen MR) is 144 cm³/mol. The van der Waals surface area contributed by atoms with Crippen LogP contribution in [0.1, 0.15) is 72.6 Å². The van der Waals surface area contributed by atoms with Crippen LogP contribution in [-0.2, 0) is 28.6 Å². The molecule has 0 bridgehead atoms. The first-order valence-electron chi connectivity index (χ1n) is 14.5. The first-order chi connectivity index (χ1) is 18.4. The van der Waals surface area contributed by atoms with Crippen LogP contribution >= 0.6 is 0 Å². The molecule has 212 valence electrons. The van der Waals surface area contributed by atoms with Gasteiger partial charge in [-0.1, -0.05) is 39.3 Å². The van der Waals surface area contributed by atoms with Crippen molar-refractivity contribution in [1.29, 1.82) is 5.26 Å². The van der Waals surface area contributed by atoms with Gasteiger partial charge in [-0.2, -0.15) is 5.26 Å². The topological polar surface area (TPSA) is 103 Å². The van der Waals surface area contributed by atoms with E-state index in [-0.39, 0.29) is 71.0 Å². The molecule has 0 aromatic heterocycles. The van der Waals surface area contributed by atoms with Gasteiger partial charge in [0, 0.05) is 18.4 Å². The summed E-state index contributed by atoms with van der Waals surface area (Å²) >= 11 is 0. The Morgan fingerprint density at radius 1 is 1.03 bits per heavy atom. The normalized spacial score (nSPS) is 42.5. The summed E-state index contributed by atoms with van der Waals surface area (Å²) in [5.41, 5.74) is -0.196. The fourth-order valence-corrected chi connectivity index (χ4v) is 9.71. The Kier molecular flexibility index (Phi) is 7.00. The van der Waals surface area contributed by atoms with E-state index in [0.717, 1.165) is 50.5 Å². The summed E-state index contributed by atoms with van der Waals surface area (Å²) in [5.74, 6) is -0.915. The summed E-state index contributed by atoms with van der Waals surface area (Å²) in [6, 6.07) is 2.14.